The van der Waals surface area contributed by atoms with Crippen LogP contribution in [0.5, 0.6) is 11.5 Å². The zero-order valence-electron chi connectivity index (χ0n) is 15.3. The largest absolute Gasteiger partial charge is 0.454 e. The van der Waals surface area contributed by atoms with Gasteiger partial charge in [-0.05, 0) is 36.6 Å². The van der Waals surface area contributed by atoms with Crippen molar-refractivity contribution >= 4 is 28.1 Å². The topological polar surface area (TPSA) is 63.7 Å². The second kappa shape index (κ2) is 6.83. The average molecular weight is 393 g/mol. The number of anilines is 2. The summed E-state index contributed by atoms with van der Waals surface area (Å²) in [6, 6.07) is 14.0. The predicted molar refractivity (Wildman–Crippen MR) is 108 cm³/mol. The van der Waals surface area contributed by atoms with Gasteiger partial charge in [0.25, 0.3) is 5.91 Å². The van der Waals surface area contributed by atoms with Gasteiger partial charge in [0.2, 0.25) is 6.79 Å². The van der Waals surface area contributed by atoms with Crippen LogP contribution >= 0.6 is 11.3 Å². The zero-order chi connectivity index (χ0) is 19.1. The Morgan fingerprint density at radius 2 is 2.07 bits per heavy atom. The van der Waals surface area contributed by atoms with Crippen molar-refractivity contribution in [3.63, 3.8) is 0 Å². The third-order valence-corrected chi connectivity index (χ3v) is 5.96. The van der Waals surface area contributed by atoms with Crippen molar-refractivity contribution in [1.29, 1.82) is 0 Å². The molecule has 6 nitrogen and oxygen atoms in total. The molecule has 3 heterocycles. The molecule has 3 aromatic rings. The molecule has 0 aliphatic carbocycles. The summed E-state index contributed by atoms with van der Waals surface area (Å²) in [5, 5.41) is 5.72. The van der Waals surface area contributed by atoms with E-state index in [0.29, 0.717) is 23.1 Å². The number of thiazole rings is 1. The van der Waals surface area contributed by atoms with Crippen molar-refractivity contribution in [3.8, 4) is 11.5 Å². The van der Waals surface area contributed by atoms with Gasteiger partial charge in [0, 0.05) is 23.7 Å². The summed E-state index contributed by atoms with van der Waals surface area (Å²) < 4.78 is 10.7. The van der Waals surface area contributed by atoms with Crippen LogP contribution in [0.4, 0.5) is 10.8 Å². The van der Waals surface area contributed by atoms with Gasteiger partial charge in [-0.25, -0.2) is 4.98 Å². The van der Waals surface area contributed by atoms with E-state index in [-0.39, 0.29) is 18.7 Å². The van der Waals surface area contributed by atoms with Crippen molar-refractivity contribution in [3.05, 3.63) is 64.7 Å². The fourth-order valence-electron chi connectivity index (χ4n) is 3.72. The first-order chi connectivity index (χ1) is 13.7. The quantitative estimate of drug-likeness (QED) is 0.716. The van der Waals surface area contributed by atoms with Gasteiger partial charge < -0.3 is 19.7 Å². The van der Waals surface area contributed by atoms with Crippen LogP contribution in [0.3, 0.4) is 0 Å². The monoisotopic (exact) mass is 393 g/mol. The number of amides is 1. The van der Waals surface area contributed by atoms with E-state index in [2.05, 4.69) is 35.4 Å². The van der Waals surface area contributed by atoms with E-state index in [1.165, 1.54) is 22.5 Å². The van der Waals surface area contributed by atoms with Gasteiger partial charge >= 0.3 is 0 Å². The SMILES string of the molecule is CC1c2ccccc2CCN1C(=O)c1csc(Nc2ccc3c(c2)OCO3)n1. The van der Waals surface area contributed by atoms with Crippen molar-refractivity contribution in [1.82, 2.24) is 9.88 Å². The molecule has 1 amide bonds. The summed E-state index contributed by atoms with van der Waals surface area (Å²) in [4.78, 5) is 19.5. The van der Waals surface area contributed by atoms with Crippen LogP contribution in [-0.4, -0.2) is 29.1 Å². The number of rotatable bonds is 3. The molecule has 7 heteroatoms. The Bertz CT molecular complexity index is 1050. The Morgan fingerprint density at radius 1 is 1.21 bits per heavy atom. The highest BCUT2D eigenvalue weighted by Crippen LogP contribution is 2.36. The Labute approximate surface area is 166 Å². The average Bonchev–Trinajstić information content (AvgIpc) is 3.37. The first-order valence-corrected chi connectivity index (χ1v) is 10.1. The molecule has 0 bridgehead atoms. The van der Waals surface area contributed by atoms with Gasteiger partial charge in [-0.2, -0.15) is 0 Å². The summed E-state index contributed by atoms with van der Waals surface area (Å²) >= 11 is 1.42. The molecule has 0 saturated carbocycles. The predicted octanol–water partition coefficient (Wildman–Crippen LogP) is 4.37. The lowest BCUT2D eigenvalue weighted by molar-refractivity contribution is 0.0672. The lowest BCUT2D eigenvalue weighted by atomic mass is 9.93. The summed E-state index contributed by atoms with van der Waals surface area (Å²) in [6.07, 6.45) is 0.874. The number of benzene rings is 2. The summed E-state index contributed by atoms with van der Waals surface area (Å²) in [5.41, 5.74) is 3.86. The Kier molecular flexibility index (Phi) is 4.16. The van der Waals surface area contributed by atoms with Gasteiger partial charge in [-0.3, -0.25) is 4.79 Å². The molecule has 0 radical (unpaired) electrons. The van der Waals surface area contributed by atoms with Crippen LogP contribution in [0.25, 0.3) is 0 Å². The number of carbonyl (C=O) groups excluding carboxylic acids is 1. The van der Waals surface area contributed by atoms with Crippen LogP contribution in [0, 0.1) is 0 Å². The van der Waals surface area contributed by atoms with E-state index in [4.69, 9.17) is 9.47 Å². The maximum atomic E-state index is 13.0. The standard InChI is InChI=1S/C21H19N3O3S/c1-13-16-5-3-2-4-14(16)8-9-24(13)20(25)17-11-28-21(23-17)22-15-6-7-18-19(10-15)27-12-26-18/h2-7,10-11,13H,8-9,12H2,1H3,(H,22,23). The number of nitrogens with one attached hydrogen (secondary N) is 1. The lowest BCUT2D eigenvalue weighted by Gasteiger charge is -2.34. The van der Waals surface area contributed by atoms with E-state index in [1.807, 2.05) is 34.5 Å². The Morgan fingerprint density at radius 3 is 3.00 bits per heavy atom. The van der Waals surface area contributed by atoms with Gasteiger partial charge in [0.15, 0.2) is 16.6 Å². The van der Waals surface area contributed by atoms with Gasteiger partial charge in [0.1, 0.15) is 5.69 Å². The molecule has 5 rings (SSSR count). The molecule has 1 atom stereocenters. The molecule has 2 aliphatic heterocycles. The number of nitrogens with zero attached hydrogens (tertiary/aromatic N) is 2. The fraction of sp³-hybridized carbons (Fsp3) is 0.238. The van der Waals surface area contributed by atoms with Gasteiger partial charge in [-0.1, -0.05) is 24.3 Å². The molecule has 0 fully saturated rings. The van der Waals surface area contributed by atoms with Crippen LogP contribution in [0.15, 0.2) is 47.8 Å². The number of fused-ring (bicyclic) bond motifs is 2. The molecule has 0 spiro atoms. The Balaban J connectivity index is 1.33. The fourth-order valence-corrected chi connectivity index (χ4v) is 4.43. The molecule has 142 valence electrons. The van der Waals surface area contributed by atoms with Crippen LogP contribution in [0.2, 0.25) is 0 Å². The summed E-state index contributed by atoms with van der Waals surface area (Å²) in [7, 11) is 0. The van der Waals surface area contributed by atoms with Crippen molar-refractivity contribution in [2.75, 3.05) is 18.7 Å². The van der Waals surface area contributed by atoms with Crippen molar-refractivity contribution in [2.24, 2.45) is 0 Å². The molecule has 0 saturated heterocycles. The highest BCUT2D eigenvalue weighted by molar-refractivity contribution is 7.14. The van der Waals surface area contributed by atoms with Crippen molar-refractivity contribution < 1.29 is 14.3 Å². The third kappa shape index (κ3) is 2.97. The van der Waals surface area contributed by atoms with E-state index in [0.717, 1.165) is 17.9 Å². The van der Waals surface area contributed by atoms with E-state index in [9.17, 15) is 4.79 Å². The first-order valence-electron chi connectivity index (χ1n) is 9.20. The number of hydrogen-bond donors (Lipinski definition) is 1. The minimum Gasteiger partial charge on any atom is -0.454 e. The van der Waals surface area contributed by atoms with Gasteiger partial charge in [-0.15, -0.1) is 11.3 Å². The number of hydrogen-bond acceptors (Lipinski definition) is 6. The summed E-state index contributed by atoms with van der Waals surface area (Å²) in [6.45, 7) is 3.03. The van der Waals surface area contributed by atoms with E-state index in [1.54, 1.807) is 0 Å². The minimum atomic E-state index is -0.0306. The molecule has 1 aromatic heterocycles. The van der Waals surface area contributed by atoms with Crippen molar-refractivity contribution in [2.45, 2.75) is 19.4 Å². The molecule has 2 aliphatic rings. The normalized spacial score (nSPS) is 17.3. The second-order valence-corrected chi connectivity index (χ2v) is 7.71. The van der Waals surface area contributed by atoms with Crippen LogP contribution in [0.1, 0.15) is 34.6 Å². The first kappa shape index (κ1) is 17.1. The highest BCUT2D eigenvalue weighted by Gasteiger charge is 2.29. The molecular weight excluding hydrogens is 374 g/mol. The Hall–Kier alpha value is -3.06. The maximum absolute atomic E-state index is 13.0. The van der Waals surface area contributed by atoms with Crippen LogP contribution < -0.4 is 14.8 Å². The molecule has 28 heavy (non-hydrogen) atoms. The number of carbonyl (C=O) groups is 1. The molecule has 2 aromatic carbocycles. The zero-order valence-corrected chi connectivity index (χ0v) is 16.2. The highest BCUT2D eigenvalue weighted by atomic mass is 32.1. The lowest BCUT2D eigenvalue weighted by Crippen LogP contribution is -2.39. The molecular formula is C21H19N3O3S. The third-order valence-electron chi connectivity index (χ3n) is 5.20. The van der Waals surface area contributed by atoms with E-state index >= 15 is 0 Å². The minimum absolute atomic E-state index is 0.0306. The molecule has 1 unspecified atom stereocenters. The number of aromatic nitrogens is 1. The summed E-state index contributed by atoms with van der Waals surface area (Å²) in [5.74, 6) is 1.41. The van der Waals surface area contributed by atoms with Gasteiger partial charge in [0.05, 0.1) is 6.04 Å². The second-order valence-electron chi connectivity index (χ2n) is 6.85. The maximum Gasteiger partial charge on any atom is 0.273 e. The number of ether oxygens (including phenoxy) is 2. The molecule has 1 N–H and O–H groups in total. The van der Waals surface area contributed by atoms with Crippen LogP contribution in [-0.2, 0) is 6.42 Å². The smallest absolute Gasteiger partial charge is 0.273 e. The van der Waals surface area contributed by atoms with E-state index < -0.39 is 0 Å².